The van der Waals surface area contributed by atoms with Crippen molar-refractivity contribution in [3.8, 4) is 5.75 Å². The lowest BCUT2D eigenvalue weighted by atomic mass is 9.88. The Morgan fingerprint density at radius 2 is 1.79 bits per heavy atom. The Hall–Kier alpha value is -1.26. The van der Waals surface area contributed by atoms with Crippen molar-refractivity contribution in [2.24, 2.45) is 11.7 Å². The van der Waals surface area contributed by atoms with Crippen LogP contribution >= 0.6 is 12.4 Å². The zero-order valence-corrected chi connectivity index (χ0v) is 15.3. The van der Waals surface area contributed by atoms with Gasteiger partial charge < -0.3 is 15.4 Å². The number of carbonyl (C=O) groups is 1. The molecule has 0 unspecified atom stereocenters. The molecule has 2 aliphatic rings. The number of amides is 1. The third kappa shape index (κ3) is 4.22. The van der Waals surface area contributed by atoms with Crippen molar-refractivity contribution in [2.75, 3.05) is 20.2 Å². The van der Waals surface area contributed by atoms with Crippen molar-refractivity contribution in [3.05, 3.63) is 29.8 Å². The Morgan fingerprint density at radius 1 is 1.21 bits per heavy atom. The van der Waals surface area contributed by atoms with Crippen molar-refractivity contribution in [3.63, 3.8) is 0 Å². The molecule has 0 spiro atoms. The number of benzene rings is 1. The van der Waals surface area contributed by atoms with Gasteiger partial charge in [0.1, 0.15) is 5.75 Å². The van der Waals surface area contributed by atoms with Crippen LogP contribution in [0.5, 0.6) is 5.75 Å². The van der Waals surface area contributed by atoms with Crippen molar-refractivity contribution in [2.45, 2.75) is 50.5 Å². The lowest BCUT2D eigenvalue weighted by molar-refractivity contribution is -0.138. The van der Waals surface area contributed by atoms with E-state index in [0.717, 1.165) is 63.8 Å². The van der Waals surface area contributed by atoms with Gasteiger partial charge in [0.05, 0.1) is 12.6 Å². The highest BCUT2D eigenvalue weighted by atomic mass is 35.5. The van der Waals surface area contributed by atoms with E-state index >= 15 is 0 Å². The fourth-order valence-electron chi connectivity index (χ4n) is 3.97. The highest BCUT2D eigenvalue weighted by Crippen LogP contribution is 2.31. The van der Waals surface area contributed by atoms with Crippen LogP contribution in [0.4, 0.5) is 0 Å². The molecule has 1 heterocycles. The van der Waals surface area contributed by atoms with Crippen LogP contribution in [0.1, 0.15) is 44.1 Å². The second-order valence-corrected chi connectivity index (χ2v) is 7.15. The van der Waals surface area contributed by atoms with Crippen LogP contribution in [0.3, 0.4) is 0 Å². The Labute approximate surface area is 151 Å². The number of piperidine rings is 1. The third-order valence-corrected chi connectivity index (χ3v) is 5.51. The van der Waals surface area contributed by atoms with Gasteiger partial charge in [-0.1, -0.05) is 25.0 Å². The van der Waals surface area contributed by atoms with Crippen molar-refractivity contribution in [1.82, 2.24) is 4.90 Å². The summed E-state index contributed by atoms with van der Waals surface area (Å²) in [6, 6.07) is 8.33. The van der Waals surface area contributed by atoms with E-state index in [2.05, 4.69) is 12.1 Å². The quantitative estimate of drug-likeness (QED) is 0.905. The molecule has 1 aliphatic carbocycles. The number of nitrogens with zero attached hydrogens (tertiary/aromatic N) is 1. The number of ether oxygens (including phenoxy) is 1. The fourth-order valence-corrected chi connectivity index (χ4v) is 3.97. The van der Waals surface area contributed by atoms with Gasteiger partial charge in [0.15, 0.2) is 0 Å². The third-order valence-electron chi connectivity index (χ3n) is 5.51. The van der Waals surface area contributed by atoms with Gasteiger partial charge >= 0.3 is 0 Å². The SMILES string of the molecule is COc1ccc(CC2CCN(C(=O)C3(N)CCCC3)CC2)cc1.Cl. The van der Waals surface area contributed by atoms with Crippen LogP contribution in [-0.4, -0.2) is 36.5 Å². The largest absolute Gasteiger partial charge is 0.497 e. The van der Waals surface area contributed by atoms with Gasteiger partial charge in [-0.25, -0.2) is 0 Å². The maximum Gasteiger partial charge on any atom is 0.242 e. The molecule has 0 bridgehead atoms. The number of hydrogen-bond donors (Lipinski definition) is 1. The van der Waals surface area contributed by atoms with Crippen molar-refractivity contribution in [1.29, 1.82) is 0 Å². The maximum atomic E-state index is 12.6. The van der Waals surface area contributed by atoms with Gasteiger partial charge in [0, 0.05) is 13.1 Å². The molecule has 1 aliphatic heterocycles. The number of likely N-dealkylation sites (tertiary alicyclic amines) is 1. The summed E-state index contributed by atoms with van der Waals surface area (Å²) < 4.78 is 5.20. The summed E-state index contributed by atoms with van der Waals surface area (Å²) in [4.78, 5) is 14.7. The van der Waals surface area contributed by atoms with E-state index in [1.54, 1.807) is 7.11 Å². The Bertz CT molecular complexity index is 533. The van der Waals surface area contributed by atoms with Gasteiger partial charge in [-0.15, -0.1) is 12.4 Å². The molecule has 134 valence electrons. The zero-order chi connectivity index (χ0) is 16.3. The zero-order valence-electron chi connectivity index (χ0n) is 14.5. The number of hydrogen-bond acceptors (Lipinski definition) is 3. The topological polar surface area (TPSA) is 55.6 Å². The molecule has 24 heavy (non-hydrogen) atoms. The van der Waals surface area contributed by atoms with Gasteiger partial charge in [0.25, 0.3) is 0 Å². The van der Waals surface area contributed by atoms with E-state index in [1.807, 2.05) is 17.0 Å². The smallest absolute Gasteiger partial charge is 0.242 e. The summed E-state index contributed by atoms with van der Waals surface area (Å²) in [6.07, 6.45) is 7.14. The van der Waals surface area contributed by atoms with E-state index in [0.29, 0.717) is 5.92 Å². The summed E-state index contributed by atoms with van der Waals surface area (Å²) >= 11 is 0. The second kappa shape index (κ2) is 8.21. The molecule has 1 amide bonds. The molecule has 1 aromatic rings. The lowest BCUT2D eigenvalue weighted by Gasteiger charge is -2.37. The van der Waals surface area contributed by atoms with Crippen LogP contribution in [-0.2, 0) is 11.2 Å². The van der Waals surface area contributed by atoms with E-state index in [4.69, 9.17) is 10.5 Å². The number of halogens is 1. The predicted molar refractivity (Wildman–Crippen MR) is 98.6 cm³/mol. The maximum absolute atomic E-state index is 12.6. The summed E-state index contributed by atoms with van der Waals surface area (Å²) in [6.45, 7) is 1.72. The molecule has 1 saturated heterocycles. The molecular formula is C19H29ClN2O2. The Balaban J connectivity index is 0.00000208. The molecule has 2 fully saturated rings. The van der Waals surface area contributed by atoms with Gasteiger partial charge in [-0.05, 0) is 55.7 Å². The van der Waals surface area contributed by atoms with Crippen LogP contribution in [0.25, 0.3) is 0 Å². The Morgan fingerprint density at radius 3 is 2.33 bits per heavy atom. The van der Waals surface area contributed by atoms with Gasteiger partial charge in [-0.3, -0.25) is 4.79 Å². The molecule has 0 atom stereocenters. The highest BCUT2D eigenvalue weighted by molar-refractivity contribution is 5.86. The van der Waals surface area contributed by atoms with Gasteiger partial charge in [-0.2, -0.15) is 0 Å². The molecule has 1 aromatic carbocycles. The lowest BCUT2D eigenvalue weighted by Crippen LogP contribution is -2.55. The van der Waals surface area contributed by atoms with E-state index in [1.165, 1.54) is 5.56 Å². The second-order valence-electron chi connectivity index (χ2n) is 7.15. The minimum absolute atomic E-state index is 0. The molecule has 5 heteroatoms. The minimum Gasteiger partial charge on any atom is -0.497 e. The molecule has 0 radical (unpaired) electrons. The van der Waals surface area contributed by atoms with E-state index in [9.17, 15) is 4.79 Å². The van der Waals surface area contributed by atoms with Gasteiger partial charge in [0.2, 0.25) is 5.91 Å². The first-order valence-electron chi connectivity index (χ1n) is 8.82. The van der Waals surface area contributed by atoms with Crippen molar-refractivity contribution < 1.29 is 9.53 Å². The molecule has 2 N–H and O–H groups in total. The normalized spacial score (nSPS) is 20.5. The number of rotatable bonds is 4. The number of nitrogens with two attached hydrogens (primary N) is 1. The molecule has 3 rings (SSSR count). The summed E-state index contributed by atoms with van der Waals surface area (Å²) in [5.41, 5.74) is 7.10. The van der Waals surface area contributed by atoms with Crippen LogP contribution in [0.15, 0.2) is 24.3 Å². The van der Waals surface area contributed by atoms with Crippen LogP contribution in [0.2, 0.25) is 0 Å². The monoisotopic (exact) mass is 352 g/mol. The summed E-state index contributed by atoms with van der Waals surface area (Å²) in [7, 11) is 1.69. The predicted octanol–water partition coefficient (Wildman–Crippen LogP) is 3.17. The molecule has 4 nitrogen and oxygen atoms in total. The first-order chi connectivity index (χ1) is 11.1. The van der Waals surface area contributed by atoms with Crippen molar-refractivity contribution >= 4 is 18.3 Å². The molecular weight excluding hydrogens is 324 g/mol. The van der Waals surface area contributed by atoms with Crippen LogP contribution in [0, 0.1) is 5.92 Å². The standard InChI is InChI=1S/C19H28N2O2.ClH/c1-23-17-6-4-15(5-7-17)14-16-8-12-21(13-9-16)18(22)19(20)10-2-3-11-19;/h4-7,16H,2-3,8-14,20H2,1H3;1H. The summed E-state index contributed by atoms with van der Waals surface area (Å²) in [5, 5.41) is 0. The number of carbonyl (C=O) groups excluding carboxylic acids is 1. The first-order valence-corrected chi connectivity index (χ1v) is 8.82. The molecule has 1 saturated carbocycles. The minimum atomic E-state index is -0.567. The number of methoxy groups -OCH3 is 1. The summed E-state index contributed by atoms with van der Waals surface area (Å²) in [5.74, 6) is 1.75. The highest BCUT2D eigenvalue weighted by Gasteiger charge is 2.40. The Kier molecular flexibility index (Phi) is 6.53. The first kappa shape index (κ1) is 19.1. The average molecular weight is 353 g/mol. The van der Waals surface area contributed by atoms with E-state index in [-0.39, 0.29) is 18.3 Å². The van der Waals surface area contributed by atoms with E-state index < -0.39 is 5.54 Å². The van der Waals surface area contributed by atoms with Crippen LogP contribution < -0.4 is 10.5 Å². The fraction of sp³-hybridized carbons (Fsp3) is 0.632. The molecule has 0 aromatic heterocycles. The average Bonchev–Trinajstić information content (AvgIpc) is 3.03.